The Labute approximate surface area is 71.5 Å². The molecule has 0 spiro atoms. The van der Waals surface area contributed by atoms with Crippen molar-refractivity contribution in [1.29, 1.82) is 0 Å². The summed E-state index contributed by atoms with van der Waals surface area (Å²) in [5.41, 5.74) is -0.619. The van der Waals surface area contributed by atoms with Gasteiger partial charge < -0.3 is 0 Å². The zero-order valence-corrected chi connectivity index (χ0v) is 7.41. The lowest BCUT2D eigenvalue weighted by molar-refractivity contribution is -0.0607. The summed E-state index contributed by atoms with van der Waals surface area (Å²) in [5.74, 6) is 0. The first-order valence-corrected chi connectivity index (χ1v) is 4.12. The van der Waals surface area contributed by atoms with Crippen molar-refractivity contribution < 1.29 is 13.2 Å². The molecule has 0 amide bonds. The van der Waals surface area contributed by atoms with Crippen LogP contribution >= 0.6 is 0 Å². The highest BCUT2D eigenvalue weighted by Gasteiger charge is 2.34. The molecule has 70 valence electrons. The molecule has 0 aromatic heterocycles. The Hall–Kier alpha value is -0.475. The maximum Gasteiger partial charge on any atom is 0.429 e. The highest BCUT2D eigenvalue weighted by Crippen LogP contribution is 2.20. The fraction of sp³-hybridized carbons (Fsp3) is 0.857. The number of alkyl halides is 3. The van der Waals surface area contributed by atoms with Crippen molar-refractivity contribution in [1.82, 2.24) is 0 Å². The van der Waals surface area contributed by atoms with Crippen molar-refractivity contribution in [2.24, 2.45) is 4.99 Å². The minimum Gasteiger partial charge on any atom is -0.285 e. The van der Waals surface area contributed by atoms with Crippen LogP contribution in [-0.4, -0.2) is 26.3 Å². The van der Waals surface area contributed by atoms with Crippen LogP contribution in [0, 0.1) is 0 Å². The molecular formula is C7H13BF3N. The van der Waals surface area contributed by atoms with E-state index in [0.29, 0.717) is 6.42 Å². The van der Waals surface area contributed by atoms with E-state index >= 15 is 0 Å². The molecule has 0 atom stereocenters. The fourth-order valence-electron chi connectivity index (χ4n) is 0.846. The first-order valence-electron chi connectivity index (χ1n) is 4.12. The maximum absolute atomic E-state index is 12.1. The van der Waals surface area contributed by atoms with Crippen molar-refractivity contribution in [2.45, 2.75) is 32.3 Å². The van der Waals surface area contributed by atoms with E-state index in [1.165, 1.54) is 0 Å². The SMILES string of the molecule is BCCC/C(=N\CC)C(F)(F)F. The van der Waals surface area contributed by atoms with Gasteiger partial charge in [-0.3, -0.25) is 4.99 Å². The Kier molecular flexibility index (Phi) is 5.01. The highest BCUT2D eigenvalue weighted by atomic mass is 19.4. The van der Waals surface area contributed by atoms with Crippen LogP contribution in [0.15, 0.2) is 4.99 Å². The summed E-state index contributed by atoms with van der Waals surface area (Å²) < 4.78 is 36.3. The molecule has 0 N–H and O–H groups in total. The van der Waals surface area contributed by atoms with Gasteiger partial charge in [-0.2, -0.15) is 13.2 Å². The van der Waals surface area contributed by atoms with Gasteiger partial charge in [-0.05, 0) is 13.3 Å². The molecule has 0 rings (SSSR count). The number of rotatable bonds is 4. The summed E-state index contributed by atoms with van der Waals surface area (Å²) in [6, 6.07) is 0. The van der Waals surface area contributed by atoms with Gasteiger partial charge in [0.05, 0.1) is 0 Å². The minimum absolute atomic E-state index is 0.0494. The summed E-state index contributed by atoms with van der Waals surface area (Å²) in [6.07, 6.45) is -2.86. The predicted octanol–water partition coefficient (Wildman–Crippen LogP) is 1.84. The Morgan fingerprint density at radius 2 is 2.00 bits per heavy atom. The van der Waals surface area contributed by atoms with Crippen LogP contribution in [0.2, 0.25) is 6.32 Å². The number of nitrogens with zero attached hydrogens (tertiary/aromatic N) is 1. The second-order valence-corrected chi connectivity index (χ2v) is 2.52. The largest absolute Gasteiger partial charge is 0.429 e. The van der Waals surface area contributed by atoms with Crippen LogP contribution < -0.4 is 0 Å². The second kappa shape index (κ2) is 5.22. The number of halogens is 3. The van der Waals surface area contributed by atoms with E-state index in [9.17, 15) is 13.2 Å². The van der Waals surface area contributed by atoms with Crippen LogP contribution in [0.5, 0.6) is 0 Å². The summed E-state index contributed by atoms with van der Waals surface area (Å²) in [7, 11) is 1.86. The van der Waals surface area contributed by atoms with Crippen LogP contribution in [0.4, 0.5) is 13.2 Å². The van der Waals surface area contributed by atoms with E-state index in [1.54, 1.807) is 6.92 Å². The van der Waals surface area contributed by atoms with Gasteiger partial charge in [-0.25, -0.2) is 0 Å². The standard InChI is InChI=1S/C7H13BF3N/c1-2-12-6(4-3-5-8)7(9,10)11/h2-5,8H2,1H3/b12-6+. The molecule has 0 heterocycles. The molecule has 0 aliphatic carbocycles. The van der Waals surface area contributed by atoms with Gasteiger partial charge in [0.1, 0.15) is 13.6 Å². The molecule has 0 radical (unpaired) electrons. The Balaban J connectivity index is 4.15. The lowest BCUT2D eigenvalue weighted by Gasteiger charge is -2.09. The predicted molar refractivity (Wildman–Crippen MR) is 46.6 cm³/mol. The van der Waals surface area contributed by atoms with Gasteiger partial charge >= 0.3 is 6.18 Å². The van der Waals surface area contributed by atoms with E-state index in [4.69, 9.17) is 0 Å². The normalized spacial score (nSPS) is 13.5. The third-order valence-corrected chi connectivity index (χ3v) is 1.44. The topological polar surface area (TPSA) is 12.4 Å². The van der Waals surface area contributed by atoms with Gasteiger partial charge in [0.15, 0.2) is 0 Å². The van der Waals surface area contributed by atoms with Crippen molar-refractivity contribution >= 4 is 13.6 Å². The summed E-state index contributed by atoms with van der Waals surface area (Å²) >= 11 is 0. The molecule has 0 saturated heterocycles. The molecule has 0 bridgehead atoms. The van der Waals surface area contributed by atoms with Crippen LogP contribution in [0.3, 0.4) is 0 Å². The molecule has 0 aliphatic heterocycles. The van der Waals surface area contributed by atoms with Crippen molar-refractivity contribution in [2.75, 3.05) is 6.54 Å². The lowest BCUT2D eigenvalue weighted by Crippen LogP contribution is -2.23. The van der Waals surface area contributed by atoms with Gasteiger partial charge in [0.2, 0.25) is 0 Å². The third-order valence-electron chi connectivity index (χ3n) is 1.44. The summed E-state index contributed by atoms with van der Waals surface area (Å²) in [5, 5.41) is 0. The zero-order chi connectivity index (χ0) is 9.61. The van der Waals surface area contributed by atoms with E-state index < -0.39 is 11.9 Å². The molecule has 0 saturated carbocycles. The monoisotopic (exact) mass is 179 g/mol. The van der Waals surface area contributed by atoms with E-state index in [0.717, 1.165) is 6.32 Å². The molecule has 0 fully saturated rings. The molecule has 0 aromatic carbocycles. The molecule has 12 heavy (non-hydrogen) atoms. The quantitative estimate of drug-likeness (QED) is 0.461. The second-order valence-electron chi connectivity index (χ2n) is 2.52. The first kappa shape index (κ1) is 11.5. The maximum atomic E-state index is 12.1. The van der Waals surface area contributed by atoms with E-state index in [2.05, 4.69) is 4.99 Å². The number of hydrogen-bond donors (Lipinski definition) is 0. The zero-order valence-electron chi connectivity index (χ0n) is 7.41. The Morgan fingerprint density at radius 1 is 1.42 bits per heavy atom. The number of hydrogen-bond acceptors (Lipinski definition) is 1. The lowest BCUT2D eigenvalue weighted by atomic mass is 9.99. The van der Waals surface area contributed by atoms with Crippen molar-refractivity contribution in [3.8, 4) is 0 Å². The van der Waals surface area contributed by atoms with Gasteiger partial charge in [0, 0.05) is 6.54 Å². The molecule has 5 heteroatoms. The number of aliphatic imine (C=N–C) groups is 1. The van der Waals surface area contributed by atoms with Gasteiger partial charge in [-0.1, -0.05) is 12.7 Å². The first-order chi connectivity index (χ1) is 5.52. The molecular weight excluding hydrogens is 166 g/mol. The smallest absolute Gasteiger partial charge is 0.285 e. The summed E-state index contributed by atoms with van der Waals surface area (Å²) in [6.45, 7) is 1.82. The molecule has 0 aliphatic rings. The minimum atomic E-state index is -4.23. The molecule has 0 aromatic rings. The molecule has 0 unspecified atom stereocenters. The summed E-state index contributed by atoms with van der Waals surface area (Å²) in [4.78, 5) is 3.42. The molecule has 1 nitrogen and oxygen atoms in total. The average Bonchev–Trinajstić information content (AvgIpc) is 1.95. The Morgan fingerprint density at radius 3 is 2.33 bits per heavy atom. The van der Waals surface area contributed by atoms with E-state index in [-0.39, 0.29) is 13.0 Å². The van der Waals surface area contributed by atoms with Crippen LogP contribution in [-0.2, 0) is 0 Å². The van der Waals surface area contributed by atoms with Crippen molar-refractivity contribution in [3.63, 3.8) is 0 Å². The van der Waals surface area contributed by atoms with Gasteiger partial charge in [-0.15, -0.1) is 0 Å². The Bertz CT molecular complexity index is 153. The van der Waals surface area contributed by atoms with E-state index in [1.807, 2.05) is 7.85 Å². The fourth-order valence-corrected chi connectivity index (χ4v) is 0.846. The van der Waals surface area contributed by atoms with Crippen molar-refractivity contribution in [3.05, 3.63) is 0 Å². The third kappa shape index (κ3) is 4.41. The highest BCUT2D eigenvalue weighted by molar-refractivity contribution is 6.08. The average molecular weight is 179 g/mol. The van der Waals surface area contributed by atoms with Crippen LogP contribution in [0.1, 0.15) is 19.8 Å². The van der Waals surface area contributed by atoms with Crippen LogP contribution in [0.25, 0.3) is 0 Å². The van der Waals surface area contributed by atoms with Gasteiger partial charge in [0.25, 0.3) is 0 Å².